The van der Waals surface area contributed by atoms with Crippen LogP contribution in [0.25, 0.3) is 10.2 Å². The number of rotatable bonds is 8. The highest BCUT2D eigenvalue weighted by Gasteiger charge is 2.21. The number of anilines is 1. The Hall–Kier alpha value is -2.22. The minimum absolute atomic E-state index is 0.271. The van der Waals surface area contributed by atoms with Gasteiger partial charge in [0.15, 0.2) is 0 Å². The number of carboxylic acids is 1. The van der Waals surface area contributed by atoms with Crippen LogP contribution in [0.3, 0.4) is 0 Å². The third kappa shape index (κ3) is 4.69. The Morgan fingerprint density at radius 3 is 2.90 bits per heavy atom. The SMILES string of the molecule is O=C(O)COCCc1nc(NCc2ccccc2Cl)c2c3c(sc2n1)CCCC3. The Kier molecular flexibility index (Phi) is 6.28. The van der Waals surface area contributed by atoms with Crippen LogP contribution in [0.1, 0.15) is 34.7 Å². The molecule has 8 heteroatoms. The third-order valence-electron chi connectivity index (χ3n) is 4.96. The van der Waals surface area contributed by atoms with E-state index < -0.39 is 5.97 Å². The van der Waals surface area contributed by atoms with E-state index in [1.165, 1.54) is 23.3 Å². The molecule has 0 radical (unpaired) electrons. The van der Waals surface area contributed by atoms with Crippen LogP contribution in [0.15, 0.2) is 24.3 Å². The number of aromatic nitrogens is 2. The summed E-state index contributed by atoms with van der Waals surface area (Å²) in [5, 5.41) is 14.0. The molecule has 2 heterocycles. The fraction of sp³-hybridized carbons (Fsp3) is 0.381. The number of hydrogen-bond acceptors (Lipinski definition) is 6. The van der Waals surface area contributed by atoms with Gasteiger partial charge in [0.2, 0.25) is 0 Å². The summed E-state index contributed by atoms with van der Waals surface area (Å²) in [6.07, 6.45) is 5.02. The van der Waals surface area contributed by atoms with Crippen LogP contribution in [-0.4, -0.2) is 34.3 Å². The zero-order valence-corrected chi connectivity index (χ0v) is 17.5. The van der Waals surface area contributed by atoms with Crippen molar-refractivity contribution in [3.05, 3.63) is 51.1 Å². The number of nitrogens with zero attached hydrogens (tertiary/aromatic N) is 2. The average Bonchev–Trinajstić information content (AvgIpc) is 3.09. The van der Waals surface area contributed by atoms with Crippen LogP contribution in [-0.2, 0) is 35.3 Å². The van der Waals surface area contributed by atoms with E-state index in [1.807, 2.05) is 24.3 Å². The molecule has 152 valence electrons. The first-order valence-electron chi connectivity index (χ1n) is 9.70. The molecule has 0 amide bonds. The van der Waals surface area contributed by atoms with Crippen molar-refractivity contribution in [2.24, 2.45) is 0 Å². The van der Waals surface area contributed by atoms with Crippen molar-refractivity contribution in [3.8, 4) is 0 Å². The quantitative estimate of drug-likeness (QED) is 0.511. The van der Waals surface area contributed by atoms with Gasteiger partial charge in [0, 0.05) is 22.9 Å². The van der Waals surface area contributed by atoms with E-state index in [4.69, 9.17) is 31.4 Å². The van der Waals surface area contributed by atoms with Gasteiger partial charge in [0.05, 0.1) is 12.0 Å². The van der Waals surface area contributed by atoms with E-state index in [0.29, 0.717) is 18.8 Å². The molecule has 0 fully saturated rings. The number of hydrogen-bond donors (Lipinski definition) is 2. The number of nitrogens with one attached hydrogen (secondary N) is 1. The van der Waals surface area contributed by atoms with Crippen molar-refractivity contribution in [2.75, 3.05) is 18.5 Å². The van der Waals surface area contributed by atoms with Gasteiger partial charge >= 0.3 is 5.97 Å². The van der Waals surface area contributed by atoms with Gasteiger partial charge in [-0.05, 0) is 42.9 Å². The summed E-state index contributed by atoms with van der Waals surface area (Å²) >= 11 is 8.05. The van der Waals surface area contributed by atoms with Crippen LogP contribution in [0.5, 0.6) is 0 Å². The largest absolute Gasteiger partial charge is 0.480 e. The predicted octanol–water partition coefficient (Wildman–Crippen LogP) is 4.48. The molecule has 2 aromatic heterocycles. The van der Waals surface area contributed by atoms with Crippen molar-refractivity contribution in [1.82, 2.24) is 9.97 Å². The first-order valence-corrected chi connectivity index (χ1v) is 10.9. The normalized spacial score (nSPS) is 13.4. The topological polar surface area (TPSA) is 84.3 Å². The molecular formula is C21H22ClN3O3S. The van der Waals surface area contributed by atoms with Gasteiger partial charge in [-0.15, -0.1) is 11.3 Å². The Labute approximate surface area is 177 Å². The maximum absolute atomic E-state index is 10.6. The second-order valence-corrected chi connectivity index (χ2v) is 8.51. The minimum Gasteiger partial charge on any atom is -0.480 e. The predicted molar refractivity (Wildman–Crippen MR) is 115 cm³/mol. The van der Waals surface area contributed by atoms with Gasteiger partial charge in [-0.1, -0.05) is 29.8 Å². The van der Waals surface area contributed by atoms with Crippen LogP contribution >= 0.6 is 22.9 Å². The molecule has 0 unspecified atom stereocenters. The van der Waals surface area contributed by atoms with Gasteiger partial charge in [0.1, 0.15) is 23.1 Å². The number of thiophene rings is 1. The highest BCUT2D eigenvalue weighted by Crippen LogP contribution is 2.38. The van der Waals surface area contributed by atoms with Gasteiger partial charge in [-0.25, -0.2) is 14.8 Å². The zero-order chi connectivity index (χ0) is 20.2. The summed E-state index contributed by atoms with van der Waals surface area (Å²) in [7, 11) is 0. The van der Waals surface area contributed by atoms with Crippen molar-refractivity contribution in [1.29, 1.82) is 0 Å². The molecule has 0 aliphatic heterocycles. The van der Waals surface area contributed by atoms with Gasteiger partial charge in [0.25, 0.3) is 0 Å². The monoisotopic (exact) mass is 431 g/mol. The molecule has 29 heavy (non-hydrogen) atoms. The van der Waals surface area contributed by atoms with Gasteiger partial charge in [-0.3, -0.25) is 0 Å². The maximum atomic E-state index is 10.6. The van der Waals surface area contributed by atoms with E-state index in [0.717, 1.165) is 39.5 Å². The molecule has 0 saturated heterocycles. The molecule has 0 spiro atoms. The van der Waals surface area contributed by atoms with Crippen molar-refractivity contribution >= 4 is 44.9 Å². The second kappa shape index (κ2) is 9.07. The zero-order valence-electron chi connectivity index (χ0n) is 15.9. The van der Waals surface area contributed by atoms with E-state index in [2.05, 4.69) is 5.32 Å². The Bertz CT molecular complexity index is 1040. The molecule has 0 saturated carbocycles. The molecule has 1 aromatic carbocycles. The number of fused-ring (bicyclic) bond motifs is 3. The van der Waals surface area contributed by atoms with E-state index in [-0.39, 0.29) is 13.2 Å². The average molecular weight is 432 g/mol. The van der Waals surface area contributed by atoms with Gasteiger partial charge in [-0.2, -0.15) is 0 Å². The highest BCUT2D eigenvalue weighted by molar-refractivity contribution is 7.19. The lowest BCUT2D eigenvalue weighted by Crippen LogP contribution is -2.11. The second-order valence-electron chi connectivity index (χ2n) is 7.02. The molecule has 4 rings (SSSR count). The Balaban J connectivity index is 1.62. The fourth-order valence-corrected chi connectivity index (χ4v) is 5.07. The number of ether oxygens (including phenoxy) is 1. The lowest BCUT2D eigenvalue weighted by atomic mass is 9.97. The van der Waals surface area contributed by atoms with Crippen LogP contribution in [0.2, 0.25) is 5.02 Å². The lowest BCUT2D eigenvalue weighted by Gasteiger charge is -2.14. The molecule has 3 aromatic rings. The minimum atomic E-state index is -0.977. The first-order chi connectivity index (χ1) is 14.1. The molecule has 1 aliphatic rings. The molecule has 1 aliphatic carbocycles. The summed E-state index contributed by atoms with van der Waals surface area (Å²) in [5.74, 6) is 0.500. The standard InChI is InChI=1S/C21H22ClN3O3S/c22-15-7-3-1-5-13(15)11-23-20-19-14-6-2-4-8-16(14)29-21(19)25-17(24-20)9-10-28-12-18(26)27/h1,3,5,7H,2,4,6,8-12H2,(H,26,27)(H,23,24,25). The summed E-state index contributed by atoms with van der Waals surface area (Å²) in [4.78, 5) is 22.5. The molecule has 0 bridgehead atoms. The number of carbonyl (C=O) groups is 1. The van der Waals surface area contributed by atoms with Crippen LogP contribution < -0.4 is 5.32 Å². The number of carboxylic acid groups (broad SMARTS) is 1. The third-order valence-corrected chi connectivity index (χ3v) is 6.52. The van der Waals surface area contributed by atoms with Crippen molar-refractivity contribution < 1.29 is 14.6 Å². The summed E-state index contributed by atoms with van der Waals surface area (Å²) in [6, 6.07) is 7.76. The smallest absolute Gasteiger partial charge is 0.329 e. The van der Waals surface area contributed by atoms with E-state index in [1.54, 1.807) is 11.3 Å². The Morgan fingerprint density at radius 1 is 1.24 bits per heavy atom. The number of aliphatic carboxylic acids is 1. The molecule has 2 N–H and O–H groups in total. The van der Waals surface area contributed by atoms with Gasteiger partial charge < -0.3 is 15.2 Å². The highest BCUT2D eigenvalue weighted by atomic mass is 35.5. The molecule has 6 nitrogen and oxygen atoms in total. The first kappa shape index (κ1) is 20.1. The van der Waals surface area contributed by atoms with Crippen molar-refractivity contribution in [3.63, 3.8) is 0 Å². The van der Waals surface area contributed by atoms with Crippen LogP contribution in [0, 0.1) is 0 Å². The summed E-state index contributed by atoms with van der Waals surface area (Å²) in [6.45, 7) is 0.533. The maximum Gasteiger partial charge on any atom is 0.329 e. The molecular weight excluding hydrogens is 410 g/mol. The number of aryl methyl sites for hydroxylation is 2. The number of halogens is 1. The summed E-state index contributed by atoms with van der Waals surface area (Å²) < 4.78 is 5.16. The van der Waals surface area contributed by atoms with E-state index in [9.17, 15) is 4.79 Å². The fourth-order valence-electron chi connectivity index (χ4n) is 3.58. The Morgan fingerprint density at radius 2 is 2.07 bits per heavy atom. The van der Waals surface area contributed by atoms with Crippen LogP contribution in [0.4, 0.5) is 5.82 Å². The number of benzene rings is 1. The summed E-state index contributed by atoms with van der Waals surface area (Å²) in [5.41, 5.74) is 2.38. The lowest BCUT2D eigenvalue weighted by molar-refractivity contribution is -0.142. The van der Waals surface area contributed by atoms with E-state index >= 15 is 0 Å². The molecule has 0 atom stereocenters. The van der Waals surface area contributed by atoms with Crippen molar-refractivity contribution in [2.45, 2.75) is 38.6 Å².